The summed E-state index contributed by atoms with van der Waals surface area (Å²) in [7, 11) is -3.11. The number of rotatable bonds is 3. The van der Waals surface area contributed by atoms with E-state index in [0.717, 1.165) is 0 Å². The van der Waals surface area contributed by atoms with Crippen molar-refractivity contribution in [1.82, 2.24) is 9.62 Å². The second kappa shape index (κ2) is 4.91. The number of hydrogen-bond donors (Lipinski definition) is 2. The number of hydrogen-bond acceptors (Lipinski definition) is 4. The van der Waals surface area contributed by atoms with Gasteiger partial charge in [-0.15, -0.1) is 0 Å². The minimum absolute atomic E-state index is 0.0170. The fraction of sp³-hybridized carbons (Fsp3) is 0.900. The van der Waals surface area contributed by atoms with Crippen molar-refractivity contribution in [3.63, 3.8) is 0 Å². The van der Waals surface area contributed by atoms with Crippen LogP contribution in [0, 0.1) is 0 Å². The number of nitrogens with one attached hydrogen (secondary N) is 1. The van der Waals surface area contributed by atoms with E-state index in [1.807, 2.05) is 0 Å². The maximum absolute atomic E-state index is 11.6. The van der Waals surface area contributed by atoms with E-state index in [1.54, 1.807) is 13.8 Å². The lowest BCUT2D eigenvalue weighted by molar-refractivity contribution is -0.126. The number of piperidine rings is 1. The molecule has 17 heavy (non-hydrogen) atoms. The summed E-state index contributed by atoms with van der Waals surface area (Å²) in [5, 5.41) is 2.85. The van der Waals surface area contributed by atoms with Crippen LogP contribution in [0.15, 0.2) is 0 Å². The van der Waals surface area contributed by atoms with E-state index in [0.29, 0.717) is 25.9 Å². The Hall–Kier alpha value is -0.660. The molecule has 0 bridgehead atoms. The van der Waals surface area contributed by atoms with Crippen LogP contribution in [0.2, 0.25) is 0 Å². The average molecular weight is 263 g/mol. The van der Waals surface area contributed by atoms with Gasteiger partial charge in [0.15, 0.2) is 0 Å². The quantitative estimate of drug-likeness (QED) is 0.701. The van der Waals surface area contributed by atoms with E-state index < -0.39 is 15.6 Å². The summed E-state index contributed by atoms with van der Waals surface area (Å²) in [6, 6.07) is 0.0170. The molecule has 1 aliphatic rings. The van der Waals surface area contributed by atoms with E-state index in [-0.39, 0.29) is 11.9 Å². The Morgan fingerprint density at radius 2 is 1.82 bits per heavy atom. The fourth-order valence-electron chi connectivity index (χ4n) is 1.70. The summed E-state index contributed by atoms with van der Waals surface area (Å²) in [6.45, 7) is 4.20. The molecule has 1 heterocycles. The summed E-state index contributed by atoms with van der Waals surface area (Å²) in [6.07, 6.45) is 2.47. The molecule has 1 aliphatic heterocycles. The molecule has 0 aromatic rings. The van der Waals surface area contributed by atoms with Gasteiger partial charge in [-0.1, -0.05) is 0 Å². The van der Waals surface area contributed by atoms with Crippen molar-refractivity contribution >= 4 is 15.9 Å². The third kappa shape index (κ3) is 4.25. The van der Waals surface area contributed by atoms with Crippen molar-refractivity contribution < 1.29 is 13.2 Å². The Balaban J connectivity index is 2.46. The molecule has 1 rings (SSSR count). The third-order valence-electron chi connectivity index (χ3n) is 2.84. The summed E-state index contributed by atoms with van der Waals surface area (Å²) in [5.41, 5.74) is 4.78. The van der Waals surface area contributed by atoms with Crippen LogP contribution in [0.4, 0.5) is 0 Å². The zero-order chi connectivity index (χ0) is 13.3. The first-order chi connectivity index (χ1) is 7.60. The van der Waals surface area contributed by atoms with E-state index in [2.05, 4.69) is 5.32 Å². The maximum Gasteiger partial charge on any atom is 0.239 e. The normalized spacial score (nSPS) is 20.2. The van der Waals surface area contributed by atoms with Gasteiger partial charge >= 0.3 is 0 Å². The molecule has 0 aromatic heterocycles. The fourth-order valence-corrected chi connectivity index (χ4v) is 2.58. The van der Waals surface area contributed by atoms with Crippen LogP contribution in [0.5, 0.6) is 0 Å². The first-order valence-corrected chi connectivity index (χ1v) is 7.50. The predicted octanol–water partition coefficient (Wildman–Crippen LogP) is -0.736. The first-order valence-electron chi connectivity index (χ1n) is 5.65. The Bertz CT molecular complexity index is 378. The van der Waals surface area contributed by atoms with Crippen LogP contribution in [-0.4, -0.2) is 49.6 Å². The lowest BCUT2D eigenvalue weighted by atomic mass is 10.0. The summed E-state index contributed by atoms with van der Waals surface area (Å²) in [5.74, 6) is -0.199. The Morgan fingerprint density at radius 3 is 2.18 bits per heavy atom. The van der Waals surface area contributed by atoms with Gasteiger partial charge in [0, 0.05) is 19.1 Å². The second-order valence-corrected chi connectivity index (χ2v) is 7.11. The molecule has 0 atom stereocenters. The van der Waals surface area contributed by atoms with E-state index >= 15 is 0 Å². The van der Waals surface area contributed by atoms with Crippen LogP contribution in [0.25, 0.3) is 0 Å². The highest BCUT2D eigenvalue weighted by molar-refractivity contribution is 7.88. The standard InChI is InChI=1S/C10H21N3O3S/c1-10(2,11)9(14)12-8-4-6-13(7-5-8)17(3,15)16/h8H,4-7,11H2,1-3H3,(H,12,14). The molecule has 1 saturated heterocycles. The van der Waals surface area contributed by atoms with Gasteiger partial charge in [-0.05, 0) is 26.7 Å². The molecule has 0 aliphatic carbocycles. The molecule has 7 heteroatoms. The van der Waals surface area contributed by atoms with Crippen molar-refractivity contribution in [1.29, 1.82) is 0 Å². The first kappa shape index (κ1) is 14.4. The van der Waals surface area contributed by atoms with Gasteiger partial charge in [0.05, 0.1) is 11.8 Å². The van der Waals surface area contributed by atoms with Crippen molar-refractivity contribution in [3.8, 4) is 0 Å². The Morgan fingerprint density at radius 1 is 1.35 bits per heavy atom. The van der Waals surface area contributed by atoms with E-state index in [1.165, 1.54) is 10.6 Å². The van der Waals surface area contributed by atoms with Crippen LogP contribution in [-0.2, 0) is 14.8 Å². The second-order valence-electron chi connectivity index (χ2n) is 5.13. The molecule has 1 fully saturated rings. The smallest absolute Gasteiger partial charge is 0.239 e. The summed E-state index contributed by atoms with van der Waals surface area (Å²) >= 11 is 0. The van der Waals surface area contributed by atoms with Crippen molar-refractivity contribution in [2.45, 2.75) is 38.3 Å². The minimum atomic E-state index is -3.11. The van der Waals surface area contributed by atoms with Gasteiger partial charge in [0.2, 0.25) is 15.9 Å². The number of amides is 1. The highest BCUT2D eigenvalue weighted by Gasteiger charge is 2.29. The van der Waals surface area contributed by atoms with Gasteiger partial charge in [0.1, 0.15) is 0 Å². The highest BCUT2D eigenvalue weighted by atomic mass is 32.2. The molecule has 0 saturated carbocycles. The topological polar surface area (TPSA) is 92.5 Å². The lowest BCUT2D eigenvalue weighted by Gasteiger charge is -2.32. The number of nitrogens with zero attached hydrogens (tertiary/aromatic N) is 1. The minimum Gasteiger partial charge on any atom is -0.352 e. The monoisotopic (exact) mass is 263 g/mol. The average Bonchev–Trinajstić information content (AvgIpc) is 2.15. The number of carbonyl (C=O) groups is 1. The zero-order valence-corrected chi connectivity index (χ0v) is 11.4. The van der Waals surface area contributed by atoms with Crippen molar-refractivity contribution in [3.05, 3.63) is 0 Å². The molecule has 1 amide bonds. The Labute approximate surface area is 103 Å². The van der Waals surface area contributed by atoms with Gasteiger partial charge in [-0.3, -0.25) is 4.79 Å². The number of carbonyl (C=O) groups excluding carboxylic acids is 1. The molecular weight excluding hydrogens is 242 g/mol. The van der Waals surface area contributed by atoms with Crippen LogP contribution in [0.3, 0.4) is 0 Å². The third-order valence-corrected chi connectivity index (χ3v) is 4.15. The number of sulfonamides is 1. The maximum atomic E-state index is 11.6. The predicted molar refractivity (Wildman–Crippen MR) is 65.8 cm³/mol. The van der Waals surface area contributed by atoms with Gasteiger partial charge in [0.25, 0.3) is 0 Å². The van der Waals surface area contributed by atoms with Crippen LogP contribution in [0.1, 0.15) is 26.7 Å². The molecule has 0 spiro atoms. The largest absolute Gasteiger partial charge is 0.352 e. The molecule has 0 radical (unpaired) electrons. The zero-order valence-electron chi connectivity index (χ0n) is 10.6. The van der Waals surface area contributed by atoms with Crippen LogP contribution < -0.4 is 11.1 Å². The van der Waals surface area contributed by atoms with Gasteiger partial charge < -0.3 is 11.1 Å². The summed E-state index contributed by atoms with van der Waals surface area (Å²) in [4.78, 5) is 11.6. The number of nitrogens with two attached hydrogens (primary N) is 1. The highest BCUT2D eigenvalue weighted by Crippen LogP contribution is 2.13. The molecule has 0 unspecified atom stereocenters. The molecule has 100 valence electrons. The Kier molecular flexibility index (Phi) is 4.16. The van der Waals surface area contributed by atoms with Gasteiger partial charge in [-0.2, -0.15) is 0 Å². The molecule has 3 N–H and O–H groups in total. The van der Waals surface area contributed by atoms with Gasteiger partial charge in [-0.25, -0.2) is 12.7 Å². The summed E-state index contributed by atoms with van der Waals surface area (Å²) < 4.78 is 24.0. The SMILES string of the molecule is CC(C)(N)C(=O)NC1CCN(S(C)(=O)=O)CC1. The van der Waals surface area contributed by atoms with E-state index in [4.69, 9.17) is 5.73 Å². The molecular formula is C10H21N3O3S. The van der Waals surface area contributed by atoms with Crippen molar-refractivity contribution in [2.75, 3.05) is 19.3 Å². The van der Waals surface area contributed by atoms with Crippen LogP contribution >= 0.6 is 0 Å². The molecule has 6 nitrogen and oxygen atoms in total. The lowest BCUT2D eigenvalue weighted by Crippen LogP contribution is -2.54. The molecule has 0 aromatic carbocycles. The van der Waals surface area contributed by atoms with E-state index in [9.17, 15) is 13.2 Å². The van der Waals surface area contributed by atoms with Crippen molar-refractivity contribution in [2.24, 2.45) is 5.73 Å².